The number of amides is 1. The highest BCUT2D eigenvalue weighted by Gasteiger charge is 2.58. The number of benzene rings is 1. The number of likely N-dealkylation sites (tertiary alicyclic amines) is 1. The van der Waals surface area contributed by atoms with Gasteiger partial charge in [-0.2, -0.15) is 0 Å². The molecule has 5 atom stereocenters. The van der Waals surface area contributed by atoms with Gasteiger partial charge in [0.2, 0.25) is 20.0 Å². The second-order valence-corrected chi connectivity index (χ2v) is 14.9. The van der Waals surface area contributed by atoms with Gasteiger partial charge >= 0.3 is 0 Å². The zero-order valence-corrected chi connectivity index (χ0v) is 26.1. The maximum absolute atomic E-state index is 13.4. The minimum absolute atomic E-state index is 0.0264. The Bertz CT molecular complexity index is 1230. The zero-order valence-electron chi connectivity index (χ0n) is 23.0. The van der Waals surface area contributed by atoms with Crippen LogP contribution in [0.15, 0.2) is 18.2 Å². The van der Waals surface area contributed by atoms with Gasteiger partial charge in [0, 0.05) is 37.1 Å². The van der Waals surface area contributed by atoms with Crippen LogP contribution in [-0.4, -0.2) is 62.1 Å². The van der Waals surface area contributed by atoms with Crippen molar-refractivity contribution in [2.24, 2.45) is 5.92 Å². The highest BCUT2D eigenvalue weighted by atomic mass is 35.6. The van der Waals surface area contributed by atoms with E-state index in [2.05, 4.69) is 28.2 Å². The molecule has 1 amide bonds. The number of hydrogen-bond acceptors (Lipinski definition) is 5. The molecule has 2 aliphatic carbocycles. The predicted molar refractivity (Wildman–Crippen MR) is 158 cm³/mol. The van der Waals surface area contributed by atoms with Gasteiger partial charge in [-0.25, -0.2) is 8.42 Å². The van der Waals surface area contributed by atoms with E-state index in [0.717, 1.165) is 44.3 Å². The van der Waals surface area contributed by atoms with E-state index in [0.29, 0.717) is 32.4 Å². The fourth-order valence-electron chi connectivity index (χ4n) is 6.99. The molecular weight excluding hydrogens is 597 g/mol. The molecule has 0 aromatic heterocycles. The number of carbonyl (C=O) groups is 1. The number of fused-ring (bicyclic) bond motifs is 1. The number of methoxy groups -OCH3 is 1. The molecule has 2 bridgehead atoms. The third kappa shape index (κ3) is 6.86. The molecule has 3 aliphatic rings. The van der Waals surface area contributed by atoms with E-state index in [1.54, 1.807) is 7.11 Å². The van der Waals surface area contributed by atoms with Crippen molar-refractivity contribution in [2.45, 2.75) is 85.6 Å². The topological polar surface area (TPSA) is 95.8 Å². The summed E-state index contributed by atoms with van der Waals surface area (Å²) in [6.07, 6.45) is 11.1. The van der Waals surface area contributed by atoms with Crippen LogP contribution in [0.3, 0.4) is 0 Å². The fraction of sp³-hybridized carbons (Fsp3) is 0.679. The molecule has 1 heterocycles. The first-order valence-corrected chi connectivity index (χ1v) is 16.3. The van der Waals surface area contributed by atoms with Crippen LogP contribution in [0, 0.1) is 18.3 Å². The zero-order chi connectivity index (χ0) is 29.2. The van der Waals surface area contributed by atoms with Gasteiger partial charge in [0.05, 0.1) is 33.2 Å². The minimum atomic E-state index is -4.54. The Kier molecular flexibility index (Phi) is 9.94. The normalized spacial score (nSPS) is 28.5. The summed E-state index contributed by atoms with van der Waals surface area (Å²) >= 11 is 18.2. The lowest BCUT2D eigenvalue weighted by atomic mass is 9.52. The number of unbranched alkanes of at least 4 members (excludes halogenated alkanes) is 2. The SMILES string of the molecule is C#CCCCCNC(=O)C[C@@H](OS(=O)(=O)[N-][N+]1(C)CC[C@@]23CCCC[C@@H]2[C@@H]1Cc1ccc(OC)cc13)C(Cl)(Cl)Cl. The van der Waals surface area contributed by atoms with Gasteiger partial charge in [-0.15, -0.1) is 12.3 Å². The highest BCUT2D eigenvalue weighted by molar-refractivity contribution is 7.89. The number of halogens is 3. The summed E-state index contributed by atoms with van der Waals surface area (Å²) in [4.78, 5) is 16.8. The third-order valence-corrected chi connectivity index (χ3v) is 10.7. The first-order valence-electron chi connectivity index (χ1n) is 13.8. The lowest BCUT2D eigenvalue weighted by Crippen LogP contribution is -2.67. The number of likely N-dealkylation sites (N-methyl/N-ethyl adjacent to an activating group) is 1. The molecular formula is C28H38Cl3N3O5S. The molecule has 222 valence electrons. The fourth-order valence-corrected chi connectivity index (χ4v) is 8.72. The molecule has 8 nitrogen and oxygen atoms in total. The molecule has 1 unspecified atom stereocenters. The van der Waals surface area contributed by atoms with Gasteiger partial charge in [0.1, 0.15) is 11.9 Å². The van der Waals surface area contributed by atoms with Crippen LogP contribution in [0.25, 0.3) is 4.83 Å². The average Bonchev–Trinajstić information content (AvgIpc) is 2.89. The van der Waals surface area contributed by atoms with E-state index >= 15 is 0 Å². The molecule has 1 aromatic carbocycles. The monoisotopic (exact) mass is 633 g/mol. The molecule has 4 rings (SSSR count). The second-order valence-electron chi connectivity index (χ2n) is 11.3. The average molecular weight is 635 g/mol. The van der Waals surface area contributed by atoms with Crippen molar-refractivity contribution in [1.29, 1.82) is 0 Å². The van der Waals surface area contributed by atoms with Gasteiger partial charge in [0.15, 0.2) is 0 Å². The third-order valence-electron chi connectivity index (χ3n) is 8.90. The van der Waals surface area contributed by atoms with E-state index in [9.17, 15) is 13.2 Å². The Labute approximate surface area is 253 Å². The molecule has 1 saturated carbocycles. The number of rotatable bonds is 11. The molecule has 40 heavy (non-hydrogen) atoms. The Morgan fingerprint density at radius 2 is 2.08 bits per heavy atom. The van der Waals surface area contributed by atoms with Crippen LogP contribution >= 0.6 is 34.8 Å². The summed E-state index contributed by atoms with van der Waals surface area (Å²) in [6, 6.07) is 6.17. The van der Waals surface area contributed by atoms with E-state index in [-0.39, 0.29) is 22.0 Å². The number of carbonyl (C=O) groups excluding carboxylic acids is 1. The Morgan fingerprint density at radius 1 is 1.30 bits per heavy atom. The van der Waals surface area contributed by atoms with Gasteiger partial charge in [-0.05, 0) is 48.9 Å². The molecule has 1 N–H and O–H groups in total. The maximum atomic E-state index is 13.4. The summed E-state index contributed by atoms with van der Waals surface area (Å²) in [5.41, 5.74) is 2.51. The largest absolute Gasteiger partial charge is 0.497 e. The van der Waals surface area contributed by atoms with Crippen molar-refractivity contribution < 1.29 is 26.7 Å². The summed E-state index contributed by atoms with van der Waals surface area (Å²) in [7, 11) is -1.03. The van der Waals surface area contributed by atoms with Crippen molar-refractivity contribution in [2.75, 3.05) is 27.2 Å². The number of nitrogens with one attached hydrogen (secondary N) is 1. The number of alkyl halides is 3. The van der Waals surface area contributed by atoms with Crippen LogP contribution in [0.4, 0.5) is 0 Å². The van der Waals surface area contributed by atoms with Crippen LogP contribution < -0.4 is 10.1 Å². The molecule has 1 saturated heterocycles. The van der Waals surface area contributed by atoms with Crippen molar-refractivity contribution >= 4 is 51.0 Å². The molecule has 2 fully saturated rings. The van der Waals surface area contributed by atoms with Crippen molar-refractivity contribution in [1.82, 2.24) is 5.32 Å². The number of hydrogen-bond donors (Lipinski definition) is 1. The summed E-state index contributed by atoms with van der Waals surface area (Å²) in [6.45, 7) is 0.897. The lowest BCUT2D eigenvalue weighted by Gasteiger charge is -2.65. The highest BCUT2D eigenvalue weighted by Crippen LogP contribution is 2.58. The van der Waals surface area contributed by atoms with Gasteiger partial charge in [-0.1, -0.05) is 53.7 Å². The summed E-state index contributed by atoms with van der Waals surface area (Å²) in [5.74, 6) is 3.16. The molecule has 12 heteroatoms. The molecule has 1 aromatic rings. The van der Waals surface area contributed by atoms with Crippen LogP contribution in [-0.2, 0) is 31.1 Å². The minimum Gasteiger partial charge on any atom is -0.497 e. The van der Waals surface area contributed by atoms with Crippen molar-refractivity contribution in [3.63, 3.8) is 0 Å². The van der Waals surface area contributed by atoms with Crippen LogP contribution in [0.1, 0.15) is 68.9 Å². The number of terminal acetylenes is 1. The first-order chi connectivity index (χ1) is 18.8. The molecule has 0 spiro atoms. The number of quaternary nitrogens is 1. The van der Waals surface area contributed by atoms with Gasteiger partial charge < -0.3 is 19.5 Å². The van der Waals surface area contributed by atoms with Crippen LogP contribution in [0.5, 0.6) is 5.75 Å². The number of nitrogens with zero attached hydrogens (tertiary/aromatic N) is 2. The Morgan fingerprint density at radius 3 is 2.77 bits per heavy atom. The molecule has 0 radical (unpaired) electrons. The lowest BCUT2D eigenvalue weighted by molar-refractivity contribution is -0.905. The molecule has 1 aliphatic heterocycles. The standard InChI is InChI=1S/C28H38Cl3N3O5S/c1-4-5-6-9-15-32-26(35)19-25(28(29,30)31)39-40(36,37)33-34(2)16-14-27-13-8-7-10-22(27)24(34)17-20-11-12-21(38-3)18-23(20)27/h1,11-12,18,22,24-25H,5-10,13-17,19H2,2-3H3,(H,32,35)/t22-,24+,25-,27+,34?/m1/s1. The van der Waals surface area contributed by atoms with Crippen molar-refractivity contribution in [3.05, 3.63) is 34.2 Å². The quantitative estimate of drug-likeness (QED) is 0.150. The Hall–Kier alpha value is -1.25. The second kappa shape index (κ2) is 12.5. The van der Waals surface area contributed by atoms with Gasteiger partial charge in [-0.3, -0.25) is 8.98 Å². The van der Waals surface area contributed by atoms with Crippen LogP contribution in [0.2, 0.25) is 0 Å². The smallest absolute Gasteiger partial charge is 0.232 e. The van der Waals surface area contributed by atoms with E-state index in [4.69, 9.17) is 50.1 Å². The van der Waals surface area contributed by atoms with Gasteiger partial charge in [0.25, 0.3) is 0 Å². The first kappa shape index (κ1) is 31.7. The summed E-state index contributed by atoms with van der Waals surface area (Å²) in [5, 5.41) is 2.69. The Balaban J connectivity index is 1.51. The number of ether oxygens (including phenoxy) is 1. The number of piperidine rings is 1. The van der Waals surface area contributed by atoms with E-state index in [1.165, 1.54) is 11.1 Å². The van der Waals surface area contributed by atoms with E-state index < -0.39 is 32.5 Å². The maximum Gasteiger partial charge on any atom is 0.232 e. The van der Waals surface area contributed by atoms with Crippen molar-refractivity contribution in [3.8, 4) is 18.1 Å². The summed E-state index contributed by atoms with van der Waals surface area (Å²) < 4.78 is 35.4. The van der Waals surface area contributed by atoms with E-state index in [1.807, 2.05) is 13.1 Å². The predicted octanol–water partition coefficient (Wildman–Crippen LogP) is 5.50.